The Labute approximate surface area is 136 Å². The number of hydrogen-bond donors (Lipinski definition) is 2. The van der Waals surface area contributed by atoms with Gasteiger partial charge in [-0.25, -0.2) is 4.79 Å². The molecule has 3 rings (SSSR count). The number of nitrogens with one attached hydrogen (secondary N) is 1. The summed E-state index contributed by atoms with van der Waals surface area (Å²) in [4.78, 5) is 40.2. The minimum atomic E-state index is -0.832. The number of nitrogens with two attached hydrogens (primary N) is 1. The van der Waals surface area contributed by atoms with E-state index in [9.17, 15) is 14.4 Å². The van der Waals surface area contributed by atoms with Crippen molar-refractivity contribution in [3.05, 3.63) is 0 Å². The molecule has 4 amide bonds. The van der Waals surface area contributed by atoms with Crippen LogP contribution < -0.4 is 11.1 Å². The van der Waals surface area contributed by atoms with Crippen LogP contribution in [0.1, 0.15) is 39.5 Å². The third-order valence-electron chi connectivity index (χ3n) is 5.56. The van der Waals surface area contributed by atoms with E-state index in [4.69, 9.17) is 5.73 Å². The lowest BCUT2D eigenvalue weighted by atomic mass is 9.92. The summed E-state index contributed by atoms with van der Waals surface area (Å²) in [5.74, 6) is 0.290. The summed E-state index contributed by atoms with van der Waals surface area (Å²) in [6.07, 6.45) is 3.71. The molecule has 0 bridgehead atoms. The van der Waals surface area contributed by atoms with E-state index < -0.39 is 11.6 Å². The van der Waals surface area contributed by atoms with Crippen LogP contribution in [0.2, 0.25) is 0 Å². The van der Waals surface area contributed by atoms with Crippen molar-refractivity contribution in [3.8, 4) is 0 Å². The molecule has 128 valence electrons. The zero-order valence-corrected chi connectivity index (χ0v) is 13.9. The second-order valence-electron chi connectivity index (χ2n) is 7.40. The van der Waals surface area contributed by atoms with E-state index in [2.05, 4.69) is 12.2 Å². The van der Waals surface area contributed by atoms with E-state index >= 15 is 0 Å². The summed E-state index contributed by atoms with van der Waals surface area (Å²) in [5.41, 5.74) is 4.96. The van der Waals surface area contributed by atoms with Crippen LogP contribution in [0, 0.1) is 11.8 Å². The van der Waals surface area contributed by atoms with Crippen molar-refractivity contribution in [3.63, 3.8) is 0 Å². The average molecular weight is 322 g/mol. The number of urea groups is 1. The summed E-state index contributed by atoms with van der Waals surface area (Å²) in [6.45, 7) is 4.79. The molecule has 2 saturated heterocycles. The van der Waals surface area contributed by atoms with Gasteiger partial charge in [0, 0.05) is 19.1 Å². The molecule has 23 heavy (non-hydrogen) atoms. The molecule has 3 aliphatic rings. The number of carbonyl (C=O) groups is 3. The largest absolute Gasteiger partial charge is 0.337 e. The maximum atomic E-state index is 12.6. The number of hydrogen-bond acceptors (Lipinski definition) is 4. The molecule has 7 nitrogen and oxygen atoms in total. The standard InChI is InChI=1S/C16H26N4O3/c1-10-5-6-19(12(7-10)8-17)13(21)9-20-14(22)16(2,11-3-4-11)18-15(20)23/h10-12H,3-9,17H2,1-2H3,(H,18,23). The smallest absolute Gasteiger partial charge is 0.325 e. The van der Waals surface area contributed by atoms with Crippen molar-refractivity contribution in [2.75, 3.05) is 19.6 Å². The lowest BCUT2D eigenvalue weighted by molar-refractivity contribution is -0.141. The van der Waals surface area contributed by atoms with Gasteiger partial charge >= 0.3 is 6.03 Å². The van der Waals surface area contributed by atoms with Gasteiger partial charge in [0.25, 0.3) is 5.91 Å². The minimum Gasteiger partial charge on any atom is -0.337 e. The minimum absolute atomic E-state index is 0.00170. The number of imide groups is 1. The molecule has 0 aromatic carbocycles. The Hall–Kier alpha value is -1.63. The van der Waals surface area contributed by atoms with Crippen LogP contribution in [0.4, 0.5) is 4.79 Å². The van der Waals surface area contributed by atoms with Crippen molar-refractivity contribution < 1.29 is 14.4 Å². The maximum Gasteiger partial charge on any atom is 0.325 e. The van der Waals surface area contributed by atoms with Gasteiger partial charge in [-0.3, -0.25) is 14.5 Å². The molecule has 0 spiro atoms. The highest BCUT2D eigenvalue weighted by atomic mass is 16.2. The first-order valence-corrected chi connectivity index (χ1v) is 8.50. The highest BCUT2D eigenvalue weighted by Crippen LogP contribution is 2.42. The topological polar surface area (TPSA) is 95.7 Å². The van der Waals surface area contributed by atoms with Gasteiger partial charge in [0.15, 0.2) is 0 Å². The summed E-state index contributed by atoms with van der Waals surface area (Å²) in [6, 6.07) is -0.450. The second-order valence-corrected chi connectivity index (χ2v) is 7.40. The van der Waals surface area contributed by atoms with E-state index in [1.807, 2.05) is 0 Å². The van der Waals surface area contributed by atoms with Crippen LogP contribution in [0.5, 0.6) is 0 Å². The quantitative estimate of drug-likeness (QED) is 0.727. The van der Waals surface area contributed by atoms with Crippen LogP contribution in [-0.4, -0.2) is 58.9 Å². The van der Waals surface area contributed by atoms with Gasteiger partial charge in [-0.2, -0.15) is 0 Å². The zero-order chi connectivity index (χ0) is 16.8. The Balaban J connectivity index is 1.67. The van der Waals surface area contributed by atoms with Crippen molar-refractivity contribution in [1.82, 2.24) is 15.1 Å². The first-order valence-electron chi connectivity index (χ1n) is 8.50. The molecule has 3 N–H and O–H groups in total. The fourth-order valence-electron chi connectivity index (χ4n) is 3.83. The Morgan fingerprint density at radius 3 is 2.65 bits per heavy atom. The van der Waals surface area contributed by atoms with Gasteiger partial charge in [0.1, 0.15) is 12.1 Å². The average Bonchev–Trinajstić information content (AvgIpc) is 3.33. The summed E-state index contributed by atoms with van der Waals surface area (Å²) in [5, 5.41) is 2.77. The van der Waals surface area contributed by atoms with Gasteiger partial charge in [0.05, 0.1) is 0 Å². The Morgan fingerprint density at radius 2 is 2.04 bits per heavy atom. The van der Waals surface area contributed by atoms with Gasteiger partial charge in [0.2, 0.25) is 5.91 Å². The van der Waals surface area contributed by atoms with Crippen molar-refractivity contribution in [1.29, 1.82) is 0 Å². The molecule has 3 unspecified atom stereocenters. The molecule has 2 heterocycles. The molecule has 2 aliphatic heterocycles. The summed E-state index contributed by atoms with van der Waals surface area (Å²) in [7, 11) is 0. The molecule has 0 aromatic rings. The van der Waals surface area contributed by atoms with Gasteiger partial charge in [-0.05, 0) is 44.4 Å². The highest BCUT2D eigenvalue weighted by Gasteiger charge is 2.56. The SMILES string of the molecule is CC1CCN(C(=O)CN2C(=O)NC(C)(C3CC3)C2=O)C(CN)C1. The fourth-order valence-corrected chi connectivity index (χ4v) is 3.83. The molecular weight excluding hydrogens is 296 g/mol. The third-order valence-corrected chi connectivity index (χ3v) is 5.56. The predicted molar refractivity (Wildman–Crippen MR) is 84.3 cm³/mol. The van der Waals surface area contributed by atoms with Crippen LogP contribution in [0.3, 0.4) is 0 Å². The summed E-state index contributed by atoms with van der Waals surface area (Å²) >= 11 is 0. The number of likely N-dealkylation sites (tertiary alicyclic amines) is 1. The molecule has 0 radical (unpaired) electrons. The van der Waals surface area contributed by atoms with Crippen molar-refractivity contribution in [2.24, 2.45) is 17.6 Å². The van der Waals surface area contributed by atoms with Crippen LogP contribution in [0.25, 0.3) is 0 Å². The van der Waals surface area contributed by atoms with Gasteiger partial charge < -0.3 is 16.0 Å². The highest BCUT2D eigenvalue weighted by molar-refractivity contribution is 6.09. The predicted octanol–water partition coefficient (Wildman–Crippen LogP) is 0.293. The van der Waals surface area contributed by atoms with E-state index in [1.54, 1.807) is 11.8 Å². The lowest BCUT2D eigenvalue weighted by Crippen LogP contribution is -2.53. The van der Waals surface area contributed by atoms with Crippen LogP contribution in [0.15, 0.2) is 0 Å². The normalized spacial score (nSPS) is 34.7. The molecule has 3 fully saturated rings. The van der Waals surface area contributed by atoms with Crippen molar-refractivity contribution in [2.45, 2.75) is 51.1 Å². The number of nitrogens with zero attached hydrogens (tertiary/aromatic N) is 2. The van der Waals surface area contributed by atoms with E-state index in [1.165, 1.54) is 0 Å². The number of amides is 4. The molecule has 3 atom stereocenters. The van der Waals surface area contributed by atoms with Crippen molar-refractivity contribution >= 4 is 17.8 Å². The third kappa shape index (κ3) is 2.82. The number of carbonyl (C=O) groups excluding carboxylic acids is 3. The zero-order valence-electron chi connectivity index (χ0n) is 13.9. The van der Waals surface area contributed by atoms with Crippen LogP contribution >= 0.6 is 0 Å². The first-order chi connectivity index (χ1) is 10.9. The Morgan fingerprint density at radius 1 is 1.35 bits per heavy atom. The van der Waals surface area contributed by atoms with E-state index in [-0.39, 0.29) is 30.3 Å². The summed E-state index contributed by atoms with van der Waals surface area (Å²) < 4.78 is 0. The van der Waals surface area contributed by atoms with Gasteiger partial charge in [-0.15, -0.1) is 0 Å². The fraction of sp³-hybridized carbons (Fsp3) is 0.812. The molecule has 1 aliphatic carbocycles. The monoisotopic (exact) mass is 322 g/mol. The number of piperidine rings is 1. The first kappa shape index (κ1) is 16.2. The van der Waals surface area contributed by atoms with E-state index in [0.717, 1.165) is 30.6 Å². The molecule has 7 heteroatoms. The number of rotatable bonds is 4. The lowest BCUT2D eigenvalue weighted by Gasteiger charge is -2.38. The molecule has 1 saturated carbocycles. The molecular formula is C16H26N4O3. The van der Waals surface area contributed by atoms with Crippen LogP contribution in [-0.2, 0) is 9.59 Å². The Kier molecular flexibility index (Phi) is 4.08. The Bertz CT molecular complexity index is 533. The maximum absolute atomic E-state index is 12.6. The molecule has 0 aromatic heterocycles. The van der Waals surface area contributed by atoms with Gasteiger partial charge in [-0.1, -0.05) is 6.92 Å². The second kappa shape index (κ2) is 5.78. The van der Waals surface area contributed by atoms with E-state index in [0.29, 0.717) is 19.0 Å².